The first-order valence-corrected chi connectivity index (χ1v) is 9.29. The van der Waals surface area contributed by atoms with E-state index < -0.39 is 5.92 Å². The minimum atomic E-state index is -2.93. The third-order valence-corrected chi connectivity index (χ3v) is 5.33. The van der Waals surface area contributed by atoms with Crippen LogP contribution in [0.2, 0.25) is 0 Å². The Hall–Kier alpha value is -1.60. The van der Waals surface area contributed by atoms with E-state index in [4.69, 9.17) is 0 Å². The molecule has 1 aromatic heterocycles. The van der Waals surface area contributed by atoms with Crippen LogP contribution in [0.3, 0.4) is 0 Å². The zero-order valence-corrected chi connectivity index (χ0v) is 16.0. The monoisotopic (exact) mass is 366 g/mol. The number of pyridine rings is 1. The van der Waals surface area contributed by atoms with Gasteiger partial charge in [-0.25, -0.2) is 8.78 Å². The summed E-state index contributed by atoms with van der Waals surface area (Å²) in [5.74, 6) is -2.98. The first-order valence-electron chi connectivity index (χ1n) is 9.29. The molecule has 1 atom stereocenters. The number of anilines is 1. The summed E-state index contributed by atoms with van der Waals surface area (Å²) in [6.07, 6.45) is 0.972. The fourth-order valence-corrected chi connectivity index (χ4v) is 3.79. The maximum atomic E-state index is 14.1. The maximum Gasteiger partial charge on any atom is 0.274 e. The van der Waals surface area contributed by atoms with E-state index in [0.717, 1.165) is 25.3 Å². The molecule has 0 radical (unpaired) electrons. The summed E-state index contributed by atoms with van der Waals surface area (Å²) in [5.41, 5.74) is 0.788. The van der Waals surface area contributed by atoms with Crippen LogP contribution in [0.15, 0.2) is 12.3 Å². The molecule has 3 rings (SSSR count). The van der Waals surface area contributed by atoms with Crippen LogP contribution < -0.4 is 10.2 Å². The van der Waals surface area contributed by atoms with Crippen LogP contribution >= 0.6 is 0 Å². The standard InChI is InChI=1S/C19H28F2N4O/c1-5-19(20,21)14-8-15-17(23-9-14)18(3,4)12-25(15)16(26)11-24-7-6-22-13(2)10-24/h8-9,13,22H,5-7,10-12H2,1-4H3/t13-/m1/s1. The van der Waals surface area contributed by atoms with Crippen molar-refractivity contribution < 1.29 is 13.6 Å². The molecule has 5 nitrogen and oxygen atoms in total. The highest BCUT2D eigenvalue weighted by molar-refractivity contribution is 5.97. The normalized spacial score (nSPS) is 23.2. The summed E-state index contributed by atoms with van der Waals surface area (Å²) in [5, 5.41) is 3.35. The Balaban J connectivity index is 1.86. The topological polar surface area (TPSA) is 48.5 Å². The Labute approximate surface area is 153 Å². The lowest BCUT2D eigenvalue weighted by Gasteiger charge is -2.32. The number of nitrogens with zero attached hydrogens (tertiary/aromatic N) is 3. The minimum Gasteiger partial charge on any atom is -0.312 e. The molecule has 1 amide bonds. The van der Waals surface area contributed by atoms with E-state index >= 15 is 0 Å². The van der Waals surface area contributed by atoms with Gasteiger partial charge in [0.15, 0.2) is 0 Å². The molecule has 1 fully saturated rings. The molecule has 144 valence electrons. The van der Waals surface area contributed by atoms with Crippen molar-refractivity contribution in [2.75, 3.05) is 37.6 Å². The third-order valence-electron chi connectivity index (χ3n) is 5.33. The van der Waals surface area contributed by atoms with E-state index in [1.807, 2.05) is 13.8 Å². The van der Waals surface area contributed by atoms with Gasteiger partial charge in [0.05, 0.1) is 17.9 Å². The maximum absolute atomic E-state index is 14.1. The van der Waals surface area contributed by atoms with Crippen LogP contribution in [0.5, 0.6) is 0 Å². The van der Waals surface area contributed by atoms with E-state index in [1.54, 1.807) is 4.90 Å². The minimum absolute atomic E-state index is 0.0512. The number of nitrogens with one attached hydrogen (secondary N) is 1. The van der Waals surface area contributed by atoms with Crippen molar-refractivity contribution in [3.8, 4) is 0 Å². The number of carbonyl (C=O) groups is 1. The van der Waals surface area contributed by atoms with Gasteiger partial charge < -0.3 is 10.2 Å². The summed E-state index contributed by atoms with van der Waals surface area (Å²) >= 11 is 0. The van der Waals surface area contributed by atoms with E-state index in [-0.39, 0.29) is 23.3 Å². The van der Waals surface area contributed by atoms with E-state index in [2.05, 4.69) is 22.1 Å². The molecule has 26 heavy (non-hydrogen) atoms. The third kappa shape index (κ3) is 3.60. The van der Waals surface area contributed by atoms with Gasteiger partial charge in [-0.1, -0.05) is 20.8 Å². The second kappa shape index (κ2) is 6.85. The fraction of sp³-hybridized carbons (Fsp3) is 0.684. The molecule has 1 N–H and O–H groups in total. The zero-order chi connectivity index (χ0) is 19.1. The number of amides is 1. The van der Waals surface area contributed by atoms with Crippen LogP contribution in [-0.2, 0) is 16.1 Å². The summed E-state index contributed by atoms with van der Waals surface area (Å²) in [4.78, 5) is 21.0. The Kier molecular flexibility index (Phi) is 5.05. The average Bonchev–Trinajstić information content (AvgIpc) is 2.86. The lowest BCUT2D eigenvalue weighted by molar-refractivity contribution is -0.120. The molecule has 2 aliphatic rings. The molecule has 1 saturated heterocycles. The van der Waals surface area contributed by atoms with Gasteiger partial charge in [0.2, 0.25) is 5.91 Å². The molecule has 2 aliphatic heterocycles. The lowest BCUT2D eigenvalue weighted by atomic mass is 9.91. The van der Waals surface area contributed by atoms with Gasteiger partial charge in [0, 0.05) is 55.8 Å². The molecule has 0 unspecified atom stereocenters. The van der Waals surface area contributed by atoms with Gasteiger partial charge in [0.25, 0.3) is 5.92 Å². The van der Waals surface area contributed by atoms with Crippen molar-refractivity contribution in [1.82, 2.24) is 15.2 Å². The van der Waals surface area contributed by atoms with Crippen LogP contribution in [0.25, 0.3) is 0 Å². The Morgan fingerprint density at radius 3 is 2.85 bits per heavy atom. The number of aromatic nitrogens is 1. The Bertz CT molecular complexity index is 692. The van der Waals surface area contributed by atoms with Crippen molar-refractivity contribution in [3.05, 3.63) is 23.5 Å². The van der Waals surface area contributed by atoms with Crippen molar-refractivity contribution in [2.24, 2.45) is 0 Å². The molecule has 0 aromatic carbocycles. The molecule has 0 saturated carbocycles. The van der Waals surface area contributed by atoms with Crippen molar-refractivity contribution >= 4 is 11.6 Å². The SMILES string of the molecule is CCC(F)(F)c1cnc2c(c1)N(C(=O)CN1CCN[C@H](C)C1)CC2(C)C. The fourth-order valence-electron chi connectivity index (χ4n) is 3.79. The van der Waals surface area contributed by atoms with Gasteiger partial charge in [0.1, 0.15) is 0 Å². The predicted octanol–water partition coefficient (Wildman–Crippen LogP) is 2.50. The highest BCUT2D eigenvalue weighted by Crippen LogP contribution is 2.42. The quantitative estimate of drug-likeness (QED) is 0.890. The molecule has 0 spiro atoms. The molecule has 1 aromatic rings. The average molecular weight is 366 g/mol. The number of halogens is 2. The Morgan fingerprint density at radius 1 is 1.46 bits per heavy atom. The predicted molar refractivity (Wildman–Crippen MR) is 97.7 cm³/mol. The second-order valence-corrected chi connectivity index (χ2v) is 8.10. The largest absolute Gasteiger partial charge is 0.312 e. The van der Waals surface area contributed by atoms with Crippen molar-refractivity contribution in [2.45, 2.75) is 51.5 Å². The van der Waals surface area contributed by atoms with Gasteiger partial charge in [-0.05, 0) is 13.0 Å². The Morgan fingerprint density at radius 2 is 2.19 bits per heavy atom. The first-order chi connectivity index (χ1) is 12.1. The van der Waals surface area contributed by atoms with E-state index in [0.29, 0.717) is 24.8 Å². The lowest BCUT2D eigenvalue weighted by Crippen LogP contribution is -2.52. The van der Waals surface area contributed by atoms with Gasteiger partial charge in [-0.3, -0.25) is 14.7 Å². The van der Waals surface area contributed by atoms with Crippen molar-refractivity contribution in [1.29, 1.82) is 0 Å². The van der Waals surface area contributed by atoms with E-state index in [1.165, 1.54) is 19.2 Å². The number of alkyl halides is 2. The van der Waals surface area contributed by atoms with E-state index in [9.17, 15) is 13.6 Å². The number of piperazine rings is 1. The first kappa shape index (κ1) is 19.2. The summed E-state index contributed by atoms with van der Waals surface area (Å²) in [6.45, 7) is 10.8. The highest BCUT2D eigenvalue weighted by atomic mass is 19.3. The van der Waals surface area contributed by atoms with Gasteiger partial charge in [-0.2, -0.15) is 0 Å². The number of fused-ring (bicyclic) bond motifs is 1. The molecule has 3 heterocycles. The zero-order valence-electron chi connectivity index (χ0n) is 16.0. The molecular formula is C19H28F2N4O. The molecule has 7 heteroatoms. The van der Waals surface area contributed by atoms with Gasteiger partial charge >= 0.3 is 0 Å². The second-order valence-electron chi connectivity index (χ2n) is 8.10. The number of hydrogen-bond acceptors (Lipinski definition) is 4. The summed E-state index contributed by atoms with van der Waals surface area (Å²) in [7, 11) is 0. The molecule has 0 aliphatic carbocycles. The van der Waals surface area contributed by atoms with Crippen LogP contribution in [0.1, 0.15) is 45.4 Å². The number of hydrogen-bond donors (Lipinski definition) is 1. The van der Waals surface area contributed by atoms with Crippen LogP contribution in [-0.4, -0.2) is 54.6 Å². The number of rotatable bonds is 4. The number of carbonyl (C=O) groups excluding carboxylic acids is 1. The summed E-state index contributed by atoms with van der Waals surface area (Å²) < 4.78 is 28.3. The highest BCUT2D eigenvalue weighted by Gasteiger charge is 2.41. The van der Waals surface area contributed by atoms with Crippen LogP contribution in [0, 0.1) is 0 Å². The molecular weight excluding hydrogens is 338 g/mol. The summed E-state index contributed by atoms with van der Waals surface area (Å²) in [6, 6.07) is 1.80. The van der Waals surface area contributed by atoms with Crippen LogP contribution in [0.4, 0.5) is 14.5 Å². The van der Waals surface area contributed by atoms with Crippen molar-refractivity contribution in [3.63, 3.8) is 0 Å². The molecule has 0 bridgehead atoms. The smallest absolute Gasteiger partial charge is 0.274 e. The van der Waals surface area contributed by atoms with Gasteiger partial charge in [-0.15, -0.1) is 0 Å².